The van der Waals surface area contributed by atoms with Crippen molar-refractivity contribution >= 4 is 5.91 Å². The minimum Gasteiger partial charge on any atom is -0.379 e. The fourth-order valence-electron chi connectivity index (χ4n) is 3.02. The smallest absolute Gasteiger partial charge is 0.272 e. The molecular formula is C17H22N4O2. The molecule has 1 fully saturated rings. The maximum Gasteiger partial charge on any atom is 0.272 e. The van der Waals surface area contributed by atoms with Crippen LogP contribution in [0.3, 0.4) is 0 Å². The fraction of sp³-hybridized carbons (Fsp3) is 0.471. The summed E-state index contributed by atoms with van der Waals surface area (Å²) in [6, 6.07) is 4.02. The summed E-state index contributed by atoms with van der Waals surface area (Å²) in [5.41, 5.74) is 3.62. The number of aromatic nitrogens is 3. The number of ether oxygens (including phenoxy) is 1. The average molecular weight is 314 g/mol. The fourth-order valence-corrected chi connectivity index (χ4v) is 3.02. The Morgan fingerprint density at radius 1 is 1.39 bits per heavy atom. The molecule has 2 N–H and O–H groups in total. The highest BCUT2D eigenvalue weighted by Gasteiger charge is 2.30. The van der Waals surface area contributed by atoms with Crippen LogP contribution in [0.15, 0.2) is 24.5 Å². The van der Waals surface area contributed by atoms with Crippen LogP contribution in [0.5, 0.6) is 0 Å². The summed E-state index contributed by atoms with van der Waals surface area (Å²) in [5.74, 6) is 0.139. The van der Waals surface area contributed by atoms with Crippen molar-refractivity contribution in [3.05, 3.63) is 47.0 Å². The molecule has 0 aromatic carbocycles. The molecule has 6 heteroatoms. The molecular weight excluding hydrogens is 292 g/mol. The number of nitrogens with zero attached hydrogens (tertiary/aromatic N) is 2. The summed E-state index contributed by atoms with van der Waals surface area (Å²) >= 11 is 0. The third-order valence-corrected chi connectivity index (χ3v) is 4.44. The van der Waals surface area contributed by atoms with Crippen LogP contribution >= 0.6 is 0 Å². The highest BCUT2D eigenvalue weighted by Crippen LogP contribution is 2.20. The van der Waals surface area contributed by atoms with Crippen molar-refractivity contribution in [2.75, 3.05) is 13.2 Å². The molecule has 6 nitrogen and oxygen atoms in total. The summed E-state index contributed by atoms with van der Waals surface area (Å²) in [6.45, 7) is 5.17. The SMILES string of the molecule is CCc1[nH]nc(C(=O)N[C@@H]2COC[C@H]2Cc2ccncc2)c1C. The van der Waals surface area contributed by atoms with Gasteiger partial charge in [-0.25, -0.2) is 0 Å². The van der Waals surface area contributed by atoms with E-state index < -0.39 is 0 Å². The number of hydrogen-bond donors (Lipinski definition) is 2. The van der Waals surface area contributed by atoms with Gasteiger partial charge in [-0.3, -0.25) is 14.9 Å². The lowest BCUT2D eigenvalue weighted by atomic mass is 9.95. The second kappa shape index (κ2) is 6.91. The molecule has 0 saturated carbocycles. The molecule has 1 aliphatic heterocycles. The van der Waals surface area contributed by atoms with E-state index in [4.69, 9.17) is 4.74 Å². The van der Waals surface area contributed by atoms with Crippen LogP contribution in [0, 0.1) is 12.8 Å². The first-order chi connectivity index (χ1) is 11.2. The minimum atomic E-state index is -0.131. The number of hydrogen-bond acceptors (Lipinski definition) is 4. The second-order valence-corrected chi connectivity index (χ2v) is 5.97. The minimum absolute atomic E-state index is 0.0110. The van der Waals surface area contributed by atoms with Gasteiger partial charge in [-0.2, -0.15) is 5.10 Å². The predicted molar refractivity (Wildman–Crippen MR) is 86.2 cm³/mol. The zero-order valence-electron chi connectivity index (χ0n) is 13.5. The summed E-state index contributed by atoms with van der Waals surface area (Å²) in [6.07, 6.45) is 5.28. The normalized spacial score (nSPS) is 20.6. The maximum atomic E-state index is 12.5. The Labute approximate surface area is 135 Å². The average Bonchev–Trinajstić information content (AvgIpc) is 3.15. The molecule has 122 valence electrons. The van der Waals surface area contributed by atoms with E-state index in [1.807, 2.05) is 26.0 Å². The molecule has 2 aromatic heterocycles. The van der Waals surface area contributed by atoms with Crippen LogP contribution in [-0.4, -0.2) is 40.3 Å². The van der Waals surface area contributed by atoms with Crippen LogP contribution in [0.2, 0.25) is 0 Å². The molecule has 0 spiro atoms. The van der Waals surface area contributed by atoms with Gasteiger partial charge in [-0.15, -0.1) is 0 Å². The van der Waals surface area contributed by atoms with Gasteiger partial charge in [0.15, 0.2) is 5.69 Å². The van der Waals surface area contributed by atoms with E-state index in [1.165, 1.54) is 5.56 Å². The van der Waals surface area contributed by atoms with Gasteiger partial charge in [-0.1, -0.05) is 6.92 Å². The van der Waals surface area contributed by atoms with Crippen LogP contribution in [0.1, 0.15) is 34.2 Å². The number of amides is 1. The second-order valence-electron chi connectivity index (χ2n) is 5.97. The molecule has 1 aliphatic rings. The van der Waals surface area contributed by atoms with Crippen LogP contribution in [0.4, 0.5) is 0 Å². The Balaban J connectivity index is 1.66. The number of carbonyl (C=O) groups is 1. The lowest BCUT2D eigenvalue weighted by molar-refractivity contribution is 0.0919. The van der Waals surface area contributed by atoms with Gasteiger partial charge in [0.05, 0.1) is 19.3 Å². The maximum absolute atomic E-state index is 12.5. The van der Waals surface area contributed by atoms with Gasteiger partial charge >= 0.3 is 0 Å². The first kappa shape index (κ1) is 15.7. The number of nitrogens with one attached hydrogen (secondary N) is 2. The quantitative estimate of drug-likeness (QED) is 0.879. The van der Waals surface area contributed by atoms with Gasteiger partial charge in [0, 0.05) is 29.6 Å². The molecule has 0 unspecified atom stereocenters. The molecule has 1 saturated heterocycles. The molecule has 3 heterocycles. The third-order valence-electron chi connectivity index (χ3n) is 4.44. The number of carbonyl (C=O) groups excluding carboxylic acids is 1. The monoisotopic (exact) mass is 314 g/mol. The molecule has 23 heavy (non-hydrogen) atoms. The Hall–Kier alpha value is -2.21. The first-order valence-corrected chi connectivity index (χ1v) is 8.00. The van der Waals surface area contributed by atoms with Crippen molar-refractivity contribution in [2.24, 2.45) is 5.92 Å². The molecule has 1 amide bonds. The molecule has 2 aromatic rings. The largest absolute Gasteiger partial charge is 0.379 e. The molecule has 2 atom stereocenters. The lowest BCUT2D eigenvalue weighted by Gasteiger charge is -2.18. The van der Waals surface area contributed by atoms with E-state index in [2.05, 4.69) is 20.5 Å². The predicted octanol–water partition coefficient (Wildman–Crippen LogP) is 1.66. The van der Waals surface area contributed by atoms with Crippen LogP contribution in [0.25, 0.3) is 0 Å². The van der Waals surface area contributed by atoms with E-state index in [-0.39, 0.29) is 17.9 Å². The van der Waals surface area contributed by atoms with E-state index >= 15 is 0 Å². The highest BCUT2D eigenvalue weighted by atomic mass is 16.5. The summed E-state index contributed by atoms with van der Waals surface area (Å²) in [5, 5.41) is 10.2. The summed E-state index contributed by atoms with van der Waals surface area (Å²) in [4.78, 5) is 16.5. The van der Waals surface area contributed by atoms with Gasteiger partial charge in [0.2, 0.25) is 0 Å². The Kier molecular flexibility index (Phi) is 4.71. The third kappa shape index (κ3) is 3.42. The Morgan fingerprint density at radius 3 is 2.87 bits per heavy atom. The van der Waals surface area contributed by atoms with E-state index in [9.17, 15) is 4.79 Å². The number of rotatable bonds is 5. The first-order valence-electron chi connectivity index (χ1n) is 8.00. The van der Waals surface area contributed by atoms with Crippen LogP contribution in [-0.2, 0) is 17.6 Å². The molecule has 0 aliphatic carbocycles. The standard InChI is InChI=1S/C17H22N4O2/c1-3-14-11(2)16(21-20-14)17(22)19-15-10-23-9-13(15)8-12-4-6-18-7-5-12/h4-7,13,15H,3,8-10H2,1-2H3,(H,19,22)(H,20,21)/t13-,15-/m1/s1. The summed E-state index contributed by atoms with van der Waals surface area (Å²) in [7, 11) is 0. The van der Waals surface area contributed by atoms with Gasteiger partial charge in [0.25, 0.3) is 5.91 Å². The van der Waals surface area contributed by atoms with Crippen molar-refractivity contribution in [1.82, 2.24) is 20.5 Å². The Morgan fingerprint density at radius 2 is 2.17 bits per heavy atom. The topological polar surface area (TPSA) is 79.9 Å². The molecule has 0 bridgehead atoms. The van der Waals surface area contributed by atoms with Crippen molar-refractivity contribution in [3.63, 3.8) is 0 Å². The lowest BCUT2D eigenvalue weighted by Crippen LogP contribution is -2.41. The van der Waals surface area contributed by atoms with Gasteiger partial charge in [0.1, 0.15) is 0 Å². The van der Waals surface area contributed by atoms with Crippen molar-refractivity contribution in [1.29, 1.82) is 0 Å². The molecule has 3 rings (SSSR count). The number of aryl methyl sites for hydroxylation is 1. The van der Waals surface area contributed by atoms with Gasteiger partial charge < -0.3 is 10.1 Å². The number of aromatic amines is 1. The van der Waals surface area contributed by atoms with E-state index in [0.29, 0.717) is 18.9 Å². The number of pyridine rings is 1. The zero-order chi connectivity index (χ0) is 16.2. The van der Waals surface area contributed by atoms with Crippen LogP contribution < -0.4 is 5.32 Å². The van der Waals surface area contributed by atoms with Crippen molar-refractivity contribution in [3.8, 4) is 0 Å². The molecule has 0 radical (unpaired) electrons. The van der Waals surface area contributed by atoms with E-state index in [1.54, 1.807) is 12.4 Å². The van der Waals surface area contributed by atoms with Crippen molar-refractivity contribution in [2.45, 2.75) is 32.7 Å². The zero-order valence-corrected chi connectivity index (χ0v) is 13.5. The Bertz CT molecular complexity index is 668. The highest BCUT2D eigenvalue weighted by molar-refractivity contribution is 5.94. The summed E-state index contributed by atoms with van der Waals surface area (Å²) < 4.78 is 5.58. The van der Waals surface area contributed by atoms with Crippen molar-refractivity contribution < 1.29 is 9.53 Å². The number of H-pyrrole nitrogens is 1. The van der Waals surface area contributed by atoms with E-state index in [0.717, 1.165) is 24.1 Å². The van der Waals surface area contributed by atoms with Gasteiger partial charge in [-0.05, 0) is 37.5 Å².